The fourth-order valence-electron chi connectivity index (χ4n) is 2.05. The van der Waals surface area contributed by atoms with Crippen LogP contribution in [0.4, 0.5) is 21.7 Å². The molecule has 6 nitrogen and oxygen atoms in total. The van der Waals surface area contributed by atoms with Gasteiger partial charge in [-0.1, -0.05) is 13.0 Å². The van der Waals surface area contributed by atoms with Gasteiger partial charge in [0.2, 0.25) is 0 Å². The maximum atomic E-state index is 13.2. The number of nitrogens with zero attached hydrogens (tertiary/aromatic N) is 2. The Hall–Kier alpha value is -2.52. The summed E-state index contributed by atoms with van der Waals surface area (Å²) in [7, 11) is -3.68. The number of benzene rings is 1. The van der Waals surface area contributed by atoms with Crippen LogP contribution in [0.2, 0.25) is 0 Å². The number of nitrogens with one attached hydrogen (secondary N) is 2. The number of sulfonamides is 1. The van der Waals surface area contributed by atoms with Crippen LogP contribution in [0.25, 0.3) is 0 Å². The van der Waals surface area contributed by atoms with Gasteiger partial charge in [0.15, 0.2) is 11.6 Å². The van der Waals surface area contributed by atoms with E-state index in [1.807, 2.05) is 6.92 Å². The third-order valence-electron chi connectivity index (χ3n) is 3.25. The Labute approximate surface area is 148 Å². The number of hydrogen-bond acceptors (Lipinski definition) is 6. The van der Waals surface area contributed by atoms with E-state index in [2.05, 4.69) is 20.2 Å². The third kappa shape index (κ3) is 4.31. The summed E-state index contributed by atoms with van der Waals surface area (Å²) in [6, 6.07) is 12.3. The fourth-order valence-corrected chi connectivity index (χ4v) is 4.34. The Bertz CT molecular complexity index is 972. The Morgan fingerprint density at radius 2 is 1.84 bits per heavy atom. The molecule has 0 aliphatic rings. The SMILES string of the molecule is CCc1ccc(S(=O)(=O)Nc2ccc(Nc3cccc(F)c3)nn2)s1. The fraction of sp³-hybridized carbons (Fsp3) is 0.125. The molecule has 3 rings (SSSR count). The largest absolute Gasteiger partial charge is 0.339 e. The molecular formula is C16H15FN4O2S2. The van der Waals surface area contributed by atoms with Crippen LogP contribution in [0.15, 0.2) is 52.7 Å². The van der Waals surface area contributed by atoms with Crippen LogP contribution in [0, 0.1) is 5.82 Å². The molecule has 3 aromatic rings. The zero-order valence-electron chi connectivity index (χ0n) is 13.2. The lowest BCUT2D eigenvalue weighted by molar-refractivity contribution is 0.603. The van der Waals surface area contributed by atoms with Crippen molar-refractivity contribution in [3.63, 3.8) is 0 Å². The summed E-state index contributed by atoms with van der Waals surface area (Å²) in [6.45, 7) is 1.96. The Balaban J connectivity index is 1.72. The van der Waals surface area contributed by atoms with Crippen LogP contribution >= 0.6 is 11.3 Å². The predicted molar refractivity (Wildman–Crippen MR) is 96.2 cm³/mol. The van der Waals surface area contributed by atoms with Gasteiger partial charge in [-0.2, -0.15) is 0 Å². The van der Waals surface area contributed by atoms with Crippen molar-refractivity contribution in [1.82, 2.24) is 10.2 Å². The summed E-state index contributed by atoms with van der Waals surface area (Å²) < 4.78 is 40.4. The number of aryl methyl sites for hydroxylation is 1. The normalized spacial score (nSPS) is 11.3. The van der Waals surface area contributed by atoms with Gasteiger partial charge in [-0.25, -0.2) is 12.8 Å². The zero-order valence-corrected chi connectivity index (χ0v) is 14.9. The minimum Gasteiger partial charge on any atom is -0.339 e. The monoisotopic (exact) mass is 378 g/mol. The van der Waals surface area contributed by atoms with Gasteiger partial charge in [0.1, 0.15) is 10.0 Å². The Morgan fingerprint density at radius 3 is 2.48 bits per heavy atom. The molecule has 2 heterocycles. The molecule has 2 N–H and O–H groups in total. The molecule has 0 saturated carbocycles. The predicted octanol–water partition coefficient (Wildman–Crippen LogP) is 3.78. The van der Waals surface area contributed by atoms with Gasteiger partial charge in [0, 0.05) is 10.6 Å². The summed E-state index contributed by atoms with van der Waals surface area (Å²) in [5.41, 5.74) is 0.522. The van der Waals surface area contributed by atoms with Crippen LogP contribution in [0.5, 0.6) is 0 Å². The van der Waals surface area contributed by atoms with Crippen LogP contribution in [-0.4, -0.2) is 18.6 Å². The average Bonchev–Trinajstić information content (AvgIpc) is 3.07. The first-order valence-electron chi connectivity index (χ1n) is 7.44. The maximum absolute atomic E-state index is 13.2. The number of thiophene rings is 1. The van der Waals surface area contributed by atoms with Crippen LogP contribution in [-0.2, 0) is 16.4 Å². The molecule has 0 atom stereocenters. The van der Waals surface area contributed by atoms with Crippen molar-refractivity contribution >= 4 is 38.7 Å². The van der Waals surface area contributed by atoms with Crippen molar-refractivity contribution < 1.29 is 12.8 Å². The van der Waals surface area contributed by atoms with Crippen molar-refractivity contribution in [3.05, 3.63) is 59.2 Å². The van der Waals surface area contributed by atoms with Crippen LogP contribution in [0.3, 0.4) is 0 Å². The number of aromatic nitrogens is 2. The first-order valence-corrected chi connectivity index (χ1v) is 9.74. The molecule has 25 heavy (non-hydrogen) atoms. The van der Waals surface area contributed by atoms with E-state index >= 15 is 0 Å². The second-order valence-corrected chi connectivity index (χ2v) is 8.20. The van der Waals surface area contributed by atoms with Crippen molar-refractivity contribution in [2.45, 2.75) is 17.6 Å². The molecule has 1 aromatic carbocycles. The van der Waals surface area contributed by atoms with E-state index in [0.29, 0.717) is 11.5 Å². The van der Waals surface area contributed by atoms with Gasteiger partial charge in [-0.15, -0.1) is 21.5 Å². The van der Waals surface area contributed by atoms with Crippen molar-refractivity contribution in [2.75, 3.05) is 10.0 Å². The van der Waals surface area contributed by atoms with Gasteiger partial charge < -0.3 is 5.32 Å². The van der Waals surface area contributed by atoms with Crippen molar-refractivity contribution in [2.24, 2.45) is 0 Å². The first kappa shape index (κ1) is 17.3. The molecule has 0 unspecified atom stereocenters. The Kier molecular flexibility index (Phi) is 4.95. The lowest BCUT2D eigenvalue weighted by Crippen LogP contribution is -2.13. The standard InChI is InChI=1S/C16H15FN4O2S2/c1-2-13-6-9-16(24-13)25(22,23)21-15-8-7-14(19-20-15)18-12-5-3-4-11(17)10-12/h3-10H,2H2,1H3,(H,18,19)(H,20,21). The van der Waals surface area contributed by atoms with E-state index in [1.165, 1.54) is 29.5 Å². The van der Waals surface area contributed by atoms with Crippen LogP contribution < -0.4 is 10.0 Å². The molecule has 2 aromatic heterocycles. The van der Waals surface area contributed by atoms with Crippen molar-refractivity contribution in [1.29, 1.82) is 0 Å². The highest BCUT2D eigenvalue weighted by atomic mass is 32.2. The highest BCUT2D eigenvalue weighted by Crippen LogP contribution is 2.24. The highest BCUT2D eigenvalue weighted by Gasteiger charge is 2.17. The number of hydrogen-bond donors (Lipinski definition) is 2. The average molecular weight is 378 g/mol. The molecule has 0 amide bonds. The molecule has 0 fully saturated rings. The molecule has 0 bridgehead atoms. The molecule has 0 spiro atoms. The lowest BCUT2D eigenvalue weighted by Gasteiger charge is -2.07. The zero-order chi connectivity index (χ0) is 17.9. The molecule has 130 valence electrons. The molecule has 0 aliphatic heterocycles. The maximum Gasteiger partial charge on any atom is 0.272 e. The van der Waals surface area contributed by atoms with E-state index in [9.17, 15) is 12.8 Å². The number of rotatable bonds is 6. The Morgan fingerprint density at radius 1 is 1.08 bits per heavy atom. The molecule has 9 heteroatoms. The third-order valence-corrected chi connectivity index (χ3v) is 6.33. The van der Waals surface area contributed by atoms with Crippen molar-refractivity contribution in [3.8, 4) is 0 Å². The van der Waals surface area contributed by atoms with Gasteiger partial charge in [0.05, 0.1) is 0 Å². The summed E-state index contributed by atoms with van der Waals surface area (Å²) in [6.07, 6.45) is 0.778. The van der Waals surface area contributed by atoms with E-state index in [1.54, 1.807) is 30.3 Å². The minimum atomic E-state index is -3.68. The van der Waals surface area contributed by atoms with Crippen LogP contribution in [0.1, 0.15) is 11.8 Å². The number of halogens is 1. The first-order chi connectivity index (χ1) is 12.0. The highest BCUT2D eigenvalue weighted by molar-refractivity contribution is 7.94. The minimum absolute atomic E-state index is 0.108. The van der Waals surface area contributed by atoms with Gasteiger partial charge in [0.25, 0.3) is 10.0 Å². The lowest BCUT2D eigenvalue weighted by atomic mass is 10.3. The molecular weight excluding hydrogens is 363 g/mol. The summed E-state index contributed by atoms with van der Waals surface area (Å²) in [4.78, 5) is 0.987. The summed E-state index contributed by atoms with van der Waals surface area (Å²) in [5.74, 6) is 0.110. The van der Waals surface area contributed by atoms with Gasteiger partial charge >= 0.3 is 0 Å². The second kappa shape index (κ2) is 7.16. The summed E-state index contributed by atoms with van der Waals surface area (Å²) in [5, 5.41) is 10.6. The van der Waals surface area contributed by atoms with E-state index in [4.69, 9.17) is 0 Å². The van der Waals surface area contributed by atoms with Gasteiger partial charge in [-0.05, 0) is 48.9 Å². The molecule has 0 radical (unpaired) electrons. The topological polar surface area (TPSA) is 84.0 Å². The van der Waals surface area contributed by atoms with E-state index < -0.39 is 10.0 Å². The molecule has 0 saturated heterocycles. The molecule has 0 aliphatic carbocycles. The smallest absolute Gasteiger partial charge is 0.272 e. The van der Waals surface area contributed by atoms with E-state index in [0.717, 1.165) is 11.3 Å². The van der Waals surface area contributed by atoms with Gasteiger partial charge in [-0.3, -0.25) is 4.72 Å². The van der Waals surface area contributed by atoms with E-state index in [-0.39, 0.29) is 15.8 Å². The number of anilines is 3. The second-order valence-electron chi connectivity index (χ2n) is 5.12. The summed E-state index contributed by atoms with van der Waals surface area (Å²) >= 11 is 1.22. The quantitative estimate of drug-likeness (QED) is 0.682.